The van der Waals surface area contributed by atoms with Gasteiger partial charge in [-0.05, 0) is 4.98 Å². The fourth-order valence-corrected chi connectivity index (χ4v) is 2.59. The van der Waals surface area contributed by atoms with Crippen LogP contribution >= 0.6 is 11.3 Å². The van der Waals surface area contributed by atoms with E-state index in [1.807, 2.05) is 13.0 Å². The van der Waals surface area contributed by atoms with Crippen LogP contribution in [0.4, 0.5) is 0 Å². The van der Waals surface area contributed by atoms with Gasteiger partial charge in [0.25, 0.3) is 0 Å². The maximum absolute atomic E-state index is 4.50. The number of thiazole rings is 1. The summed E-state index contributed by atoms with van der Waals surface area (Å²) in [4.78, 5) is 5.54. The lowest BCUT2D eigenvalue weighted by molar-refractivity contribution is -0.497. The molecule has 0 aliphatic rings. The lowest BCUT2D eigenvalue weighted by Crippen LogP contribution is -2.22. The molecule has 0 amide bonds. The molecule has 1 aromatic carbocycles. The lowest BCUT2D eigenvalue weighted by Gasteiger charge is -1.99. The number of aryl methyl sites for hydroxylation is 1. The van der Waals surface area contributed by atoms with Crippen LogP contribution in [-0.4, -0.2) is 4.98 Å². The second kappa shape index (κ2) is 3.68. The highest BCUT2D eigenvalue weighted by atomic mass is 32.1. The van der Waals surface area contributed by atoms with E-state index in [2.05, 4.69) is 51.3 Å². The summed E-state index contributed by atoms with van der Waals surface area (Å²) in [5, 5.41) is 2.06. The van der Waals surface area contributed by atoms with Crippen molar-refractivity contribution in [3.8, 4) is 11.3 Å². The quantitative estimate of drug-likeness (QED) is 0.584. The van der Waals surface area contributed by atoms with Gasteiger partial charge in [-0.15, -0.1) is 0 Å². The number of benzene rings is 1. The van der Waals surface area contributed by atoms with Crippen LogP contribution in [0.5, 0.6) is 0 Å². The van der Waals surface area contributed by atoms with Crippen LogP contribution in [0.3, 0.4) is 0 Å². The Hall–Kier alpha value is -1.74. The molecule has 2 nitrogen and oxygen atoms in total. The normalized spacial score (nSPS) is 10.8. The smallest absolute Gasteiger partial charge is 0.186 e. The second-order valence-electron chi connectivity index (χ2n) is 3.70. The Morgan fingerprint density at radius 1 is 1.19 bits per heavy atom. The van der Waals surface area contributed by atoms with Crippen molar-refractivity contribution in [2.75, 3.05) is 0 Å². The number of hydrogen-bond donors (Lipinski definition) is 0. The molecule has 0 aliphatic carbocycles. The second-order valence-corrected chi connectivity index (χ2v) is 4.58. The van der Waals surface area contributed by atoms with Crippen LogP contribution in [0.1, 0.15) is 5.69 Å². The van der Waals surface area contributed by atoms with E-state index in [4.69, 9.17) is 0 Å². The predicted molar refractivity (Wildman–Crippen MR) is 65.4 cm³/mol. The Kier molecular flexibility index (Phi) is 2.18. The van der Waals surface area contributed by atoms with Crippen molar-refractivity contribution in [3.05, 3.63) is 53.7 Å². The molecule has 0 fully saturated rings. The molecule has 78 valence electrons. The maximum Gasteiger partial charge on any atom is 0.387 e. The zero-order valence-corrected chi connectivity index (χ0v) is 9.74. The predicted octanol–water partition coefficient (Wildman–Crippen LogP) is 2.86. The summed E-state index contributed by atoms with van der Waals surface area (Å²) in [6, 6.07) is 12.5. The van der Waals surface area contributed by atoms with E-state index in [-0.39, 0.29) is 0 Å². The van der Waals surface area contributed by atoms with Crippen LogP contribution in [-0.2, 0) is 0 Å². The monoisotopic (exact) mass is 227 g/mol. The topological polar surface area (TPSA) is 17.0 Å². The molecule has 0 aliphatic heterocycles. The molecule has 16 heavy (non-hydrogen) atoms. The Bertz CT molecular complexity index is 629. The minimum Gasteiger partial charge on any atom is -0.186 e. The van der Waals surface area contributed by atoms with Crippen LogP contribution in [0.2, 0.25) is 0 Å². The van der Waals surface area contributed by atoms with Gasteiger partial charge < -0.3 is 0 Å². The van der Waals surface area contributed by atoms with Gasteiger partial charge in [0.1, 0.15) is 11.9 Å². The molecule has 0 bridgehead atoms. The first-order chi connectivity index (χ1) is 7.84. The van der Waals surface area contributed by atoms with Gasteiger partial charge in [-0.1, -0.05) is 41.7 Å². The van der Waals surface area contributed by atoms with Gasteiger partial charge in [-0.3, -0.25) is 0 Å². The van der Waals surface area contributed by atoms with Crippen LogP contribution in [0, 0.1) is 6.92 Å². The zero-order valence-electron chi connectivity index (χ0n) is 8.92. The summed E-state index contributed by atoms with van der Waals surface area (Å²) in [5.41, 5.74) is 3.48. The summed E-state index contributed by atoms with van der Waals surface area (Å²) < 4.78 is 2.13. The highest BCUT2D eigenvalue weighted by Gasteiger charge is 2.13. The van der Waals surface area contributed by atoms with E-state index in [0.29, 0.717) is 0 Å². The molecule has 3 rings (SSSR count). The van der Waals surface area contributed by atoms with Crippen molar-refractivity contribution < 1.29 is 4.40 Å². The molecule has 0 N–H and O–H groups in total. The third kappa shape index (κ3) is 1.49. The van der Waals surface area contributed by atoms with Crippen molar-refractivity contribution in [1.82, 2.24) is 4.98 Å². The molecular weight excluding hydrogens is 216 g/mol. The van der Waals surface area contributed by atoms with Crippen molar-refractivity contribution >= 4 is 16.3 Å². The van der Waals surface area contributed by atoms with E-state index < -0.39 is 0 Å². The Balaban J connectivity index is 2.34. The standard InChI is InChI=1S/C13H11N2S/c1-10-9-12(11-5-3-2-4-6-11)15-7-8-16-13(15)14-10/h2-9H,1H3/q+1. The number of rotatable bonds is 1. The Morgan fingerprint density at radius 2 is 2.00 bits per heavy atom. The number of nitrogens with zero attached hydrogens (tertiary/aromatic N) is 2. The molecular formula is C13H11N2S+. The fraction of sp³-hybridized carbons (Fsp3) is 0.0769. The van der Waals surface area contributed by atoms with E-state index in [1.165, 1.54) is 11.3 Å². The van der Waals surface area contributed by atoms with Gasteiger partial charge in [0.05, 0.1) is 0 Å². The van der Waals surface area contributed by atoms with Crippen LogP contribution < -0.4 is 4.40 Å². The average molecular weight is 227 g/mol. The SMILES string of the molecule is Cc1cc(-c2ccccc2)[n+]2ccsc2n1. The molecule has 0 saturated heterocycles. The van der Waals surface area contributed by atoms with E-state index in [1.54, 1.807) is 11.3 Å². The molecule has 0 radical (unpaired) electrons. The summed E-state index contributed by atoms with van der Waals surface area (Å²) in [6.45, 7) is 2.03. The van der Waals surface area contributed by atoms with E-state index in [0.717, 1.165) is 10.7 Å². The van der Waals surface area contributed by atoms with Gasteiger partial charge in [0.15, 0.2) is 5.69 Å². The molecule has 2 heterocycles. The minimum atomic E-state index is 1.04. The zero-order chi connectivity index (χ0) is 11.0. The van der Waals surface area contributed by atoms with Crippen molar-refractivity contribution in [3.63, 3.8) is 0 Å². The highest BCUT2D eigenvalue weighted by Crippen LogP contribution is 2.17. The maximum atomic E-state index is 4.50. The summed E-state index contributed by atoms with van der Waals surface area (Å²) in [7, 11) is 0. The average Bonchev–Trinajstić information content (AvgIpc) is 2.77. The van der Waals surface area contributed by atoms with Crippen molar-refractivity contribution in [1.29, 1.82) is 0 Å². The Morgan fingerprint density at radius 3 is 2.81 bits per heavy atom. The lowest BCUT2D eigenvalue weighted by atomic mass is 10.1. The largest absolute Gasteiger partial charge is 0.387 e. The van der Waals surface area contributed by atoms with Gasteiger partial charge in [-0.25, -0.2) is 0 Å². The van der Waals surface area contributed by atoms with E-state index >= 15 is 0 Å². The minimum absolute atomic E-state index is 1.04. The molecule has 0 saturated carbocycles. The highest BCUT2D eigenvalue weighted by molar-refractivity contribution is 7.14. The first kappa shape index (κ1) is 9.48. The first-order valence-electron chi connectivity index (χ1n) is 5.16. The van der Waals surface area contributed by atoms with Crippen LogP contribution in [0.25, 0.3) is 16.2 Å². The van der Waals surface area contributed by atoms with Crippen molar-refractivity contribution in [2.45, 2.75) is 6.92 Å². The molecule has 0 unspecified atom stereocenters. The first-order valence-corrected chi connectivity index (χ1v) is 6.04. The van der Waals surface area contributed by atoms with Crippen LogP contribution in [0.15, 0.2) is 48.0 Å². The van der Waals surface area contributed by atoms with Gasteiger partial charge in [0.2, 0.25) is 0 Å². The summed E-state index contributed by atoms with van der Waals surface area (Å²) in [5.74, 6) is 0. The van der Waals surface area contributed by atoms with Gasteiger partial charge in [-0.2, -0.15) is 4.40 Å². The molecule has 0 spiro atoms. The Labute approximate surface area is 97.8 Å². The molecule has 0 atom stereocenters. The van der Waals surface area contributed by atoms with Gasteiger partial charge >= 0.3 is 4.96 Å². The number of aromatic nitrogens is 2. The summed E-state index contributed by atoms with van der Waals surface area (Å²) in [6.07, 6.45) is 2.06. The molecule has 3 aromatic rings. The number of fused-ring (bicyclic) bond motifs is 1. The number of hydrogen-bond acceptors (Lipinski definition) is 2. The van der Waals surface area contributed by atoms with Crippen molar-refractivity contribution in [2.24, 2.45) is 0 Å². The summed E-state index contributed by atoms with van der Waals surface area (Å²) >= 11 is 1.66. The third-order valence-electron chi connectivity index (χ3n) is 2.54. The molecule has 2 aromatic heterocycles. The van der Waals surface area contributed by atoms with E-state index in [9.17, 15) is 0 Å². The fourth-order valence-electron chi connectivity index (χ4n) is 1.82. The third-order valence-corrected chi connectivity index (χ3v) is 3.29. The van der Waals surface area contributed by atoms with Gasteiger partial charge in [0, 0.05) is 23.9 Å². The molecule has 3 heteroatoms.